The van der Waals surface area contributed by atoms with Gasteiger partial charge < -0.3 is 38.3 Å². The topological polar surface area (TPSA) is 169 Å². The van der Waals surface area contributed by atoms with Crippen LogP contribution in [0.5, 0.6) is 11.5 Å². The van der Waals surface area contributed by atoms with E-state index in [2.05, 4.69) is 44.1 Å². The van der Waals surface area contributed by atoms with Crippen molar-refractivity contribution in [3.8, 4) is 11.5 Å². The third-order valence-corrected chi connectivity index (χ3v) is 16.5. The highest BCUT2D eigenvalue weighted by atomic mass is 28.4. The molecule has 17 heteroatoms. The second-order valence-corrected chi connectivity index (χ2v) is 24.5. The molecule has 2 aliphatic heterocycles. The highest BCUT2D eigenvalue weighted by molar-refractivity contribution is 6.74. The van der Waals surface area contributed by atoms with Crippen LogP contribution in [0, 0.1) is 0 Å². The molecule has 3 aliphatic rings. The molecule has 0 radical (unpaired) electrons. The summed E-state index contributed by atoms with van der Waals surface area (Å²) < 4.78 is 36.6. The van der Waals surface area contributed by atoms with E-state index in [4.69, 9.17) is 43.2 Å². The summed E-state index contributed by atoms with van der Waals surface area (Å²) >= 11 is 0. The van der Waals surface area contributed by atoms with Crippen LogP contribution in [0.1, 0.15) is 91.6 Å². The van der Waals surface area contributed by atoms with Crippen LogP contribution >= 0.6 is 0 Å². The number of hydrogen-bond acceptors (Lipinski definition) is 14. The van der Waals surface area contributed by atoms with E-state index in [0.717, 1.165) is 10.5 Å². The van der Waals surface area contributed by atoms with Gasteiger partial charge in [-0.3, -0.25) is 4.79 Å². The van der Waals surface area contributed by atoms with Crippen LogP contribution in [0.3, 0.4) is 0 Å². The van der Waals surface area contributed by atoms with Crippen molar-refractivity contribution in [1.82, 2.24) is 19.7 Å². The lowest BCUT2D eigenvalue weighted by Gasteiger charge is -2.36. The van der Waals surface area contributed by atoms with E-state index in [-0.39, 0.29) is 16.9 Å². The molecule has 1 saturated carbocycles. The van der Waals surface area contributed by atoms with Gasteiger partial charge in [-0.1, -0.05) is 26.8 Å². The molecule has 2 aromatic carbocycles. The fraction of sp³-hybridized carbons (Fsp3) is 0.556. The number of amides is 2. The summed E-state index contributed by atoms with van der Waals surface area (Å²) in [5.74, 6) is 2.14. The molecule has 62 heavy (non-hydrogen) atoms. The summed E-state index contributed by atoms with van der Waals surface area (Å²) in [5, 5.41) is 8.84. The minimum Gasteiger partial charge on any atom is -0.497 e. The Morgan fingerprint density at radius 3 is 2.19 bits per heavy atom. The van der Waals surface area contributed by atoms with Crippen molar-refractivity contribution in [2.75, 3.05) is 62.2 Å². The van der Waals surface area contributed by atoms with Crippen LogP contribution in [-0.2, 0) is 35.3 Å². The number of carbonyl (C=O) groups is 3. The van der Waals surface area contributed by atoms with Crippen LogP contribution in [0.4, 0.5) is 32.7 Å². The maximum absolute atomic E-state index is 14.5. The Bertz CT molecular complexity index is 2390. The lowest BCUT2D eigenvalue weighted by atomic mass is 9.91. The maximum atomic E-state index is 14.5. The molecule has 1 saturated heterocycles. The van der Waals surface area contributed by atoms with Crippen molar-refractivity contribution in [2.45, 2.75) is 116 Å². The van der Waals surface area contributed by atoms with Crippen molar-refractivity contribution >= 4 is 60.5 Å². The number of ether oxygens (including phenoxy) is 5. The summed E-state index contributed by atoms with van der Waals surface area (Å²) in [6, 6.07) is 10.9. The molecule has 2 atom stereocenters. The Balaban J connectivity index is 1.29. The van der Waals surface area contributed by atoms with E-state index in [1.165, 1.54) is 4.68 Å². The van der Waals surface area contributed by atoms with Gasteiger partial charge in [0, 0.05) is 37.4 Å². The number of imide groups is 1. The molecule has 1 aliphatic carbocycles. The third kappa shape index (κ3) is 8.58. The standard InChI is InChI=1S/C45H61N7O9Si/c1-42(2,3)60-40(54)51-32-17-15-28(56-10)25-30(32)45(39(51)53)26-31(45)27-14-16-29-33(24-27)52(41(55)61-43(4,5)6)49-36(29)48-37-35(57-11)38(50-19-22-58-23-20-50)47-34(46-37)18-21-59-62(12,13)44(7,8)9/h14-17,24-25,31H,18-23,26H2,1-13H3,(H,46,47,48,49)/t31-,45-/m0/s1. The second-order valence-electron chi connectivity index (χ2n) is 19.7. The Labute approximate surface area is 364 Å². The van der Waals surface area contributed by atoms with E-state index in [0.29, 0.717) is 103 Å². The summed E-state index contributed by atoms with van der Waals surface area (Å²) in [7, 11) is 1.09. The SMILES string of the molecule is COc1ccc2c(c1)[C@]1(C[C@H]1c1ccc3c(Nc4nc(CCO[Si](C)(C)C(C)(C)C)nc(N5CCOCC5)c4OC)nn(C(=O)OC(C)(C)C)c3c1)C(=O)N2C(=O)OC(C)(C)C. The predicted octanol–water partition coefficient (Wildman–Crippen LogP) is 8.48. The van der Waals surface area contributed by atoms with Gasteiger partial charge in [-0.2, -0.15) is 4.68 Å². The number of benzene rings is 2. The van der Waals surface area contributed by atoms with E-state index in [1.54, 1.807) is 67.9 Å². The van der Waals surface area contributed by atoms with Gasteiger partial charge in [-0.15, -0.1) is 5.10 Å². The van der Waals surface area contributed by atoms with Gasteiger partial charge >= 0.3 is 12.2 Å². The number of anilines is 4. The van der Waals surface area contributed by atoms with Crippen LogP contribution in [0.25, 0.3) is 10.9 Å². The number of carbonyl (C=O) groups excluding carboxylic acids is 3. The van der Waals surface area contributed by atoms with Gasteiger partial charge in [-0.25, -0.2) is 24.5 Å². The smallest absolute Gasteiger partial charge is 0.435 e. The van der Waals surface area contributed by atoms with Crippen molar-refractivity contribution in [1.29, 1.82) is 0 Å². The van der Waals surface area contributed by atoms with Crippen LogP contribution < -0.4 is 24.6 Å². The molecule has 1 spiro atoms. The Morgan fingerprint density at radius 1 is 0.887 bits per heavy atom. The number of nitrogens with one attached hydrogen (secondary N) is 1. The second kappa shape index (κ2) is 16.1. The fourth-order valence-corrected chi connectivity index (χ4v) is 8.82. The number of rotatable bonds is 10. The molecule has 4 aromatic rings. The van der Waals surface area contributed by atoms with Gasteiger partial charge in [-0.05, 0) is 108 Å². The lowest BCUT2D eigenvalue weighted by Crippen LogP contribution is -2.41. The number of morpholine rings is 1. The first-order valence-electron chi connectivity index (χ1n) is 21.2. The first-order chi connectivity index (χ1) is 29.0. The fourth-order valence-electron chi connectivity index (χ4n) is 7.78. The van der Waals surface area contributed by atoms with E-state index >= 15 is 0 Å². The number of hydrogen-bond donors (Lipinski definition) is 1. The van der Waals surface area contributed by atoms with E-state index in [9.17, 15) is 14.4 Å². The monoisotopic (exact) mass is 871 g/mol. The minimum atomic E-state index is -2.04. The Hall–Kier alpha value is -5.26. The summed E-state index contributed by atoms with van der Waals surface area (Å²) in [5.41, 5.74) is -0.332. The maximum Gasteiger partial charge on any atom is 0.435 e. The van der Waals surface area contributed by atoms with Crippen molar-refractivity contribution < 1.29 is 42.5 Å². The average Bonchev–Trinajstić information content (AvgIpc) is 3.77. The molecule has 334 valence electrons. The zero-order valence-electron chi connectivity index (χ0n) is 38.3. The average molecular weight is 872 g/mol. The largest absolute Gasteiger partial charge is 0.497 e. The highest BCUT2D eigenvalue weighted by Crippen LogP contribution is 2.67. The minimum absolute atomic E-state index is 0.0402. The number of methoxy groups -OCH3 is 2. The molecule has 0 unspecified atom stereocenters. The molecule has 2 fully saturated rings. The molecule has 0 bridgehead atoms. The quantitative estimate of drug-likeness (QED) is 0.151. The number of aromatic nitrogens is 4. The van der Waals surface area contributed by atoms with E-state index in [1.807, 2.05) is 24.3 Å². The van der Waals surface area contributed by atoms with Gasteiger partial charge in [0.15, 0.2) is 25.8 Å². The molecule has 1 N–H and O–H groups in total. The number of nitrogens with zero attached hydrogens (tertiary/aromatic N) is 6. The van der Waals surface area contributed by atoms with Gasteiger partial charge in [0.25, 0.3) is 0 Å². The van der Waals surface area contributed by atoms with Crippen LogP contribution in [0.2, 0.25) is 18.1 Å². The molecule has 16 nitrogen and oxygen atoms in total. The molecule has 2 aromatic heterocycles. The molecule has 7 rings (SSSR count). The van der Waals surface area contributed by atoms with Gasteiger partial charge in [0.1, 0.15) is 22.8 Å². The van der Waals surface area contributed by atoms with Crippen molar-refractivity contribution in [2.24, 2.45) is 0 Å². The first kappa shape index (κ1) is 44.8. The lowest BCUT2D eigenvalue weighted by molar-refractivity contribution is -0.120. The van der Waals surface area contributed by atoms with E-state index < -0.39 is 37.1 Å². The Morgan fingerprint density at radius 2 is 1.56 bits per heavy atom. The summed E-state index contributed by atoms with van der Waals surface area (Å²) in [4.78, 5) is 55.2. The zero-order chi connectivity index (χ0) is 45.2. The molecule has 4 heterocycles. The Kier molecular flexibility index (Phi) is 11.7. The molecular formula is C45H61N7O9Si. The van der Waals surface area contributed by atoms with Crippen molar-refractivity contribution in [3.05, 3.63) is 53.3 Å². The molecule has 2 amide bonds. The third-order valence-electron chi connectivity index (χ3n) is 12.0. The summed E-state index contributed by atoms with van der Waals surface area (Å²) in [6.07, 6.45) is -0.545. The number of fused-ring (bicyclic) bond motifs is 3. The molecular weight excluding hydrogens is 811 g/mol. The van der Waals surface area contributed by atoms with Gasteiger partial charge in [0.05, 0.1) is 44.1 Å². The predicted molar refractivity (Wildman–Crippen MR) is 239 cm³/mol. The van der Waals surface area contributed by atoms with Crippen LogP contribution in [0.15, 0.2) is 36.4 Å². The first-order valence-corrected chi connectivity index (χ1v) is 24.1. The zero-order valence-corrected chi connectivity index (χ0v) is 39.3. The highest BCUT2D eigenvalue weighted by Gasteiger charge is 2.68. The van der Waals surface area contributed by atoms with Crippen molar-refractivity contribution in [3.63, 3.8) is 0 Å². The normalized spacial score (nSPS) is 19.2. The van der Waals surface area contributed by atoms with Gasteiger partial charge in [0.2, 0.25) is 11.7 Å². The van der Waals surface area contributed by atoms with Crippen LogP contribution in [-0.4, -0.2) is 104 Å². The summed E-state index contributed by atoms with van der Waals surface area (Å²) in [6.45, 7) is 24.5.